The molecule has 0 fully saturated rings. The van der Waals surface area contributed by atoms with Crippen molar-refractivity contribution in [2.24, 2.45) is 0 Å². The Balaban J connectivity index is 1.76. The molecule has 5 nitrogen and oxygen atoms in total. The smallest absolute Gasteiger partial charge is 0.263 e. The second-order valence-corrected chi connectivity index (χ2v) is 8.77. The number of carbonyl (C=O) groups excluding carboxylic acids is 1. The van der Waals surface area contributed by atoms with Gasteiger partial charge >= 0.3 is 0 Å². The van der Waals surface area contributed by atoms with E-state index in [9.17, 15) is 9.59 Å². The number of aromatic nitrogens is 2. The van der Waals surface area contributed by atoms with Gasteiger partial charge in [0.05, 0.1) is 11.7 Å². The van der Waals surface area contributed by atoms with Crippen LogP contribution in [0, 0.1) is 13.8 Å². The lowest BCUT2D eigenvalue weighted by Crippen LogP contribution is -2.33. The molecular formula is C24H22ClN3O2S. The summed E-state index contributed by atoms with van der Waals surface area (Å²) in [6.45, 7) is 5.79. The minimum atomic E-state index is -0.665. The van der Waals surface area contributed by atoms with Crippen LogP contribution in [0.1, 0.15) is 30.5 Å². The first-order chi connectivity index (χ1) is 14.9. The van der Waals surface area contributed by atoms with E-state index in [0.29, 0.717) is 21.7 Å². The third kappa shape index (κ3) is 4.01. The third-order valence-corrected chi connectivity index (χ3v) is 6.57. The van der Waals surface area contributed by atoms with E-state index in [2.05, 4.69) is 10.3 Å². The van der Waals surface area contributed by atoms with Crippen molar-refractivity contribution in [2.75, 3.05) is 5.32 Å². The molecule has 0 aliphatic carbocycles. The lowest BCUT2D eigenvalue weighted by molar-refractivity contribution is -0.119. The summed E-state index contributed by atoms with van der Waals surface area (Å²) in [6, 6.07) is 12.5. The molecule has 1 atom stereocenters. The number of amides is 1. The zero-order valence-corrected chi connectivity index (χ0v) is 19.1. The van der Waals surface area contributed by atoms with Gasteiger partial charge in [0, 0.05) is 21.7 Å². The molecule has 0 aliphatic heterocycles. The number of fused-ring (bicyclic) bond motifs is 1. The van der Waals surface area contributed by atoms with Gasteiger partial charge in [-0.05, 0) is 49.1 Å². The number of nitrogens with zero attached hydrogens (tertiary/aromatic N) is 2. The van der Waals surface area contributed by atoms with Crippen molar-refractivity contribution in [1.82, 2.24) is 9.55 Å². The van der Waals surface area contributed by atoms with Crippen LogP contribution in [-0.2, 0) is 4.79 Å². The molecule has 0 radical (unpaired) electrons. The highest BCUT2D eigenvalue weighted by Gasteiger charge is 2.23. The van der Waals surface area contributed by atoms with Gasteiger partial charge in [-0.1, -0.05) is 48.9 Å². The first-order valence-electron chi connectivity index (χ1n) is 10.0. The van der Waals surface area contributed by atoms with Crippen LogP contribution in [0.4, 0.5) is 5.69 Å². The molecule has 0 saturated carbocycles. The fourth-order valence-electron chi connectivity index (χ4n) is 3.74. The second-order valence-electron chi connectivity index (χ2n) is 7.47. The normalized spacial score (nSPS) is 12.1. The van der Waals surface area contributed by atoms with Crippen LogP contribution in [0.5, 0.6) is 0 Å². The number of nitrogens with one attached hydrogen (secondary N) is 1. The van der Waals surface area contributed by atoms with Crippen molar-refractivity contribution in [3.05, 3.63) is 80.7 Å². The Morgan fingerprint density at radius 1 is 1.16 bits per heavy atom. The Kier molecular flexibility index (Phi) is 5.94. The first kappa shape index (κ1) is 21.3. The van der Waals surface area contributed by atoms with E-state index in [0.717, 1.165) is 27.9 Å². The van der Waals surface area contributed by atoms with Gasteiger partial charge in [0.2, 0.25) is 5.91 Å². The summed E-state index contributed by atoms with van der Waals surface area (Å²) in [4.78, 5) is 31.7. The van der Waals surface area contributed by atoms with Crippen LogP contribution in [0.25, 0.3) is 21.3 Å². The quantitative estimate of drug-likeness (QED) is 0.405. The monoisotopic (exact) mass is 451 g/mol. The van der Waals surface area contributed by atoms with Crippen LogP contribution in [0.15, 0.2) is 59.0 Å². The zero-order valence-electron chi connectivity index (χ0n) is 17.5. The number of thiophene rings is 1. The average Bonchev–Trinajstić information content (AvgIpc) is 3.18. The standard InChI is InChI=1S/C24H22ClN3O2S/c1-4-19(22(29)27-21-14(2)6-5-7-15(21)3)28-13-26-23-20(24(28)30)18(12-31-23)16-8-10-17(25)11-9-16/h5-13,19H,4H2,1-3H3,(H,27,29). The molecule has 158 valence electrons. The maximum atomic E-state index is 13.5. The summed E-state index contributed by atoms with van der Waals surface area (Å²) < 4.78 is 1.44. The van der Waals surface area contributed by atoms with E-state index in [1.807, 2.05) is 56.5 Å². The van der Waals surface area contributed by atoms with Crippen molar-refractivity contribution in [3.63, 3.8) is 0 Å². The molecule has 1 unspecified atom stereocenters. The van der Waals surface area contributed by atoms with E-state index in [4.69, 9.17) is 11.6 Å². The van der Waals surface area contributed by atoms with Crippen molar-refractivity contribution in [2.45, 2.75) is 33.2 Å². The average molecular weight is 452 g/mol. The van der Waals surface area contributed by atoms with Crippen molar-refractivity contribution in [1.29, 1.82) is 0 Å². The van der Waals surface area contributed by atoms with Gasteiger partial charge in [0.1, 0.15) is 10.9 Å². The largest absolute Gasteiger partial charge is 0.324 e. The van der Waals surface area contributed by atoms with E-state index >= 15 is 0 Å². The van der Waals surface area contributed by atoms with Crippen LogP contribution >= 0.6 is 22.9 Å². The molecule has 7 heteroatoms. The highest BCUT2D eigenvalue weighted by molar-refractivity contribution is 7.17. The third-order valence-electron chi connectivity index (χ3n) is 5.43. The lowest BCUT2D eigenvalue weighted by Gasteiger charge is -2.19. The number of benzene rings is 2. The molecule has 2 heterocycles. The minimum absolute atomic E-state index is 0.222. The fraction of sp³-hybridized carbons (Fsp3) is 0.208. The van der Waals surface area contributed by atoms with Crippen LogP contribution in [0.2, 0.25) is 5.02 Å². The summed E-state index contributed by atoms with van der Waals surface area (Å²) in [5.41, 5.74) is 4.21. The van der Waals surface area contributed by atoms with Crippen LogP contribution < -0.4 is 10.9 Å². The Hall–Kier alpha value is -2.96. The summed E-state index contributed by atoms with van der Waals surface area (Å²) >= 11 is 7.42. The Bertz CT molecular complexity index is 1300. The van der Waals surface area contributed by atoms with Crippen molar-refractivity contribution in [3.8, 4) is 11.1 Å². The number of anilines is 1. The molecule has 1 N–H and O–H groups in total. The molecule has 2 aromatic carbocycles. The second kappa shape index (κ2) is 8.65. The fourth-order valence-corrected chi connectivity index (χ4v) is 4.77. The zero-order chi connectivity index (χ0) is 22.1. The SMILES string of the molecule is CCC(C(=O)Nc1c(C)cccc1C)n1cnc2scc(-c3ccc(Cl)cc3)c2c1=O. The van der Waals surface area contributed by atoms with Gasteiger partial charge in [-0.25, -0.2) is 4.98 Å². The summed E-state index contributed by atoms with van der Waals surface area (Å²) in [5.74, 6) is -0.230. The van der Waals surface area contributed by atoms with Gasteiger partial charge < -0.3 is 5.32 Å². The van der Waals surface area contributed by atoms with Gasteiger partial charge in [-0.3, -0.25) is 14.2 Å². The number of para-hydroxylation sites is 1. The number of hydrogen-bond donors (Lipinski definition) is 1. The summed E-state index contributed by atoms with van der Waals surface area (Å²) in [5, 5.41) is 6.09. The maximum Gasteiger partial charge on any atom is 0.263 e. The van der Waals surface area contributed by atoms with E-state index in [-0.39, 0.29) is 11.5 Å². The molecule has 0 spiro atoms. The molecule has 2 aromatic heterocycles. The Labute approximate surface area is 189 Å². The Morgan fingerprint density at radius 2 is 1.84 bits per heavy atom. The first-order valence-corrected chi connectivity index (χ1v) is 11.3. The molecule has 31 heavy (non-hydrogen) atoms. The van der Waals surface area contributed by atoms with Gasteiger partial charge in [0.15, 0.2) is 0 Å². The molecule has 0 aliphatic rings. The molecule has 0 saturated heterocycles. The molecular weight excluding hydrogens is 430 g/mol. The number of carbonyl (C=O) groups is 1. The van der Waals surface area contributed by atoms with E-state index in [1.165, 1.54) is 22.2 Å². The predicted octanol–water partition coefficient (Wildman–Crippen LogP) is 5.99. The number of aryl methyl sites for hydroxylation is 2. The molecule has 0 bridgehead atoms. The highest BCUT2D eigenvalue weighted by Crippen LogP contribution is 2.32. The summed E-state index contributed by atoms with van der Waals surface area (Å²) in [7, 11) is 0. The number of hydrogen-bond acceptors (Lipinski definition) is 4. The number of rotatable bonds is 5. The highest BCUT2D eigenvalue weighted by atomic mass is 35.5. The van der Waals surface area contributed by atoms with Gasteiger partial charge in [0.25, 0.3) is 5.56 Å². The van der Waals surface area contributed by atoms with Crippen molar-refractivity contribution >= 4 is 44.7 Å². The molecule has 4 aromatic rings. The van der Waals surface area contributed by atoms with E-state index in [1.54, 1.807) is 12.1 Å². The topological polar surface area (TPSA) is 64.0 Å². The molecule has 4 rings (SSSR count). The van der Waals surface area contributed by atoms with Crippen LogP contribution in [0.3, 0.4) is 0 Å². The summed E-state index contributed by atoms with van der Waals surface area (Å²) in [6.07, 6.45) is 1.94. The van der Waals surface area contributed by atoms with Crippen LogP contribution in [-0.4, -0.2) is 15.5 Å². The maximum absolute atomic E-state index is 13.5. The van der Waals surface area contributed by atoms with E-state index < -0.39 is 6.04 Å². The Morgan fingerprint density at radius 3 is 2.48 bits per heavy atom. The van der Waals surface area contributed by atoms with Crippen molar-refractivity contribution < 1.29 is 4.79 Å². The predicted molar refractivity (Wildman–Crippen MR) is 128 cm³/mol. The van der Waals surface area contributed by atoms with Gasteiger partial charge in [-0.2, -0.15) is 0 Å². The minimum Gasteiger partial charge on any atom is -0.324 e. The lowest BCUT2D eigenvalue weighted by atomic mass is 10.1. The van der Waals surface area contributed by atoms with Gasteiger partial charge in [-0.15, -0.1) is 11.3 Å². The molecule has 1 amide bonds. The number of halogens is 1.